The molecule has 0 saturated carbocycles. The Kier molecular flexibility index (Phi) is 16.8. The van der Waals surface area contributed by atoms with Crippen LogP contribution in [0.5, 0.6) is 0 Å². The summed E-state index contributed by atoms with van der Waals surface area (Å²) in [5.41, 5.74) is 11.0. The molecule has 3 rings (SSSR count). The summed E-state index contributed by atoms with van der Waals surface area (Å²) >= 11 is 0. The first-order valence-electron chi connectivity index (χ1n) is 16.4. The molecule has 0 atom stereocenters. The average molecular weight is 638 g/mol. The minimum Gasteiger partial charge on any atom is -0.396 e. The Balaban J connectivity index is 1.64. The third-order valence-electron chi connectivity index (χ3n) is 7.70. The van der Waals surface area contributed by atoms with E-state index in [0.29, 0.717) is 88.3 Å². The number of anilines is 1. The molecular weight excluding hydrogens is 586 g/mol. The van der Waals surface area contributed by atoms with Crippen LogP contribution in [0.1, 0.15) is 75.0 Å². The molecule has 2 aromatic carbocycles. The second-order valence-electron chi connectivity index (χ2n) is 11.2. The monoisotopic (exact) mass is 637 g/mol. The number of hydrazine groups is 1. The van der Waals surface area contributed by atoms with E-state index < -0.39 is 0 Å². The summed E-state index contributed by atoms with van der Waals surface area (Å²) in [6, 6.07) is 15.3. The van der Waals surface area contributed by atoms with Gasteiger partial charge in [-0.3, -0.25) is 9.59 Å². The van der Waals surface area contributed by atoms with Crippen LogP contribution in [0.4, 0.5) is 5.69 Å². The van der Waals surface area contributed by atoms with Gasteiger partial charge in [-0.15, -0.1) is 0 Å². The van der Waals surface area contributed by atoms with Crippen molar-refractivity contribution >= 4 is 35.2 Å². The molecule has 11 heteroatoms. The van der Waals surface area contributed by atoms with Crippen LogP contribution in [0.15, 0.2) is 48.5 Å². The minimum absolute atomic E-state index is 0.0892. The highest BCUT2D eigenvalue weighted by Crippen LogP contribution is 2.36. The Hall–Kier alpha value is -3.77. The molecule has 0 aliphatic carbocycles. The van der Waals surface area contributed by atoms with E-state index in [9.17, 15) is 14.4 Å². The molecule has 1 aliphatic rings. The fourth-order valence-electron chi connectivity index (χ4n) is 5.23. The molecule has 1 aliphatic heterocycles. The maximum Gasteiger partial charge on any atom is 0.227 e. The molecule has 2 amide bonds. The first kappa shape index (κ1) is 36.7. The van der Waals surface area contributed by atoms with Crippen LogP contribution in [0.3, 0.4) is 0 Å². The highest BCUT2D eigenvalue weighted by molar-refractivity contribution is 6.01. The first-order chi connectivity index (χ1) is 22.5. The van der Waals surface area contributed by atoms with Crippen LogP contribution in [-0.2, 0) is 35.1 Å². The summed E-state index contributed by atoms with van der Waals surface area (Å²) in [7, 11) is 0. The number of benzene rings is 2. The molecule has 252 valence electrons. The number of nitrogens with zero attached hydrogens (tertiary/aromatic N) is 2. The fraction of sp³-hybridized carbons (Fsp3) is 0.514. The zero-order chi connectivity index (χ0) is 33.0. The second-order valence-corrected chi connectivity index (χ2v) is 11.2. The molecule has 11 nitrogen and oxygen atoms in total. The van der Waals surface area contributed by atoms with E-state index in [2.05, 4.69) is 12.2 Å². The van der Waals surface area contributed by atoms with Crippen LogP contribution in [0, 0.1) is 0 Å². The zero-order valence-corrected chi connectivity index (χ0v) is 27.2. The predicted octanol–water partition coefficient (Wildman–Crippen LogP) is 4.00. The summed E-state index contributed by atoms with van der Waals surface area (Å²) < 4.78 is 16.5. The summed E-state index contributed by atoms with van der Waals surface area (Å²) in [6.45, 7) is 5.89. The summed E-state index contributed by atoms with van der Waals surface area (Å²) in [5, 5.41) is 4.55. The van der Waals surface area contributed by atoms with Gasteiger partial charge in [0.25, 0.3) is 0 Å². The van der Waals surface area contributed by atoms with Gasteiger partial charge in [0.2, 0.25) is 11.8 Å². The number of nitrogens with two attached hydrogens (primary N) is 2. The van der Waals surface area contributed by atoms with Gasteiger partial charge in [-0.25, -0.2) is 5.84 Å². The Morgan fingerprint density at radius 2 is 1.52 bits per heavy atom. The normalized spacial score (nSPS) is 14.2. The first-order valence-corrected chi connectivity index (χ1v) is 16.4. The Labute approximate surface area is 273 Å². The maximum atomic E-state index is 13.6. The van der Waals surface area contributed by atoms with E-state index >= 15 is 0 Å². The third-order valence-corrected chi connectivity index (χ3v) is 7.70. The maximum absolute atomic E-state index is 13.6. The lowest BCUT2D eigenvalue weighted by atomic mass is 9.95. The Bertz CT molecular complexity index is 1270. The Morgan fingerprint density at radius 3 is 2.26 bits per heavy atom. The standard InChI is InChI=1S/C35H51N5O6/c1-2-3-4-5-10-18-38-32(42)16-17-33(43)39-27-28-12-6-7-13-29(28)35(34(36)30-14-8-9-15-31(30)39)40(37)19-22-45-24-26-46-25-23-44-21-11-20-41/h6-9,12-15,20H,2-5,10-11,16-19,21-27,36-37H2,1H3,(H,38,42)/b35-34-. The molecular formula is C35H51N5O6. The van der Waals surface area contributed by atoms with Crippen molar-refractivity contribution in [2.24, 2.45) is 11.6 Å². The molecule has 1 heterocycles. The van der Waals surface area contributed by atoms with E-state index in [1.54, 1.807) is 9.91 Å². The van der Waals surface area contributed by atoms with Crippen LogP contribution in [0.2, 0.25) is 0 Å². The van der Waals surface area contributed by atoms with E-state index in [-0.39, 0.29) is 24.7 Å². The number of amides is 2. The Morgan fingerprint density at radius 1 is 0.870 bits per heavy atom. The van der Waals surface area contributed by atoms with Crippen molar-refractivity contribution in [2.75, 3.05) is 57.6 Å². The number of aldehydes is 1. The molecule has 0 fully saturated rings. The number of carbonyl (C=O) groups is 3. The van der Waals surface area contributed by atoms with Gasteiger partial charge < -0.3 is 40.0 Å². The van der Waals surface area contributed by atoms with Crippen molar-refractivity contribution in [3.05, 3.63) is 65.2 Å². The molecule has 46 heavy (non-hydrogen) atoms. The smallest absolute Gasteiger partial charge is 0.227 e. The van der Waals surface area contributed by atoms with Crippen LogP contribution in [-0.4, -0.2) is 75.8 Å². The van der Waals surface area contributed by atoms with Crippen LogP contribution >= 0.6 is 0 Å². The average Bonchev–Trinajstić information content (AvgIpc) is 3.06. The molecule has 0 spiro atoms. The van der Waals surface area contributed by atoms with E-state index in [0.717, 1.165) is 30.3 Å². The van der Waals surface area contributed by atoms with Gasteiger partial charge in [0.05, 0.1) is 69.8 Å². The molecule has 0 bridgehead atoms. The number of nitrogens with one attached hydrogen (secondary N) is 1. The molecule has 0 saturated heterocycles. The summed E-state index contributed by atoms with van der Waals surface area (Å²) in [4.78, 5) is 38.2. The number of fused-ring (bicyclic) bond motifs is 2. The van der Waals surface area contributed by atoms with Crippen molar-refractivity contribution in [3.8, 4) is 0 Å². The third kappa shape index (κ3) is 11.9. The van der Waals surface area contributed by atoms with Gasteiger partial charge in [0.15, 0.2) is 0 Å². The molecule has 5 N–H and O–H groups in total. The van der Waals surface area contributed by atoms with Crippen molar-refractivity contribution in [2.45, 2.75) is 64.8 Å². The van der Waals surface area contributed by atoms with Gasteiger partial charge in [-0.05, 0) is 18.1 Å². The van der Waals surface area contributed by atoms with Gasteiger partial charge in [-0.2, -0.15) is 0 Å². The van der Waals surface area contributed by atoms with E-state index in [4.69, 9.17) is 25.8 Å². The van der Waals surface area contributed by atoms with Gasteiger partial charge in [0, 0.05) is 36.9 Å². The largest absolute Gasteiger partial charge is 0.396 e. The van der Waals surface area contributed by atoms with Crippen LogP contribution in [0.25, 0.3) is 11.4 Å². The lowest BCUT2D eigenvalue weighted by Gasteiger charge is -2.33. The van der Waals surface area contributed by atoms with Gasteiger partial charge in [0.1, 0.15) is 6.29 Å². The fourth-order valence-corrected chi connectivity index (χ4v) is 5.23. The number of para-hydroxylation sites is 1. The lowest BCUT2D eigenvalue weighted by molar-refractivity contribution is -0.125. The number of carbonyl (C=O) groups excluding carboxylic acids is 3. The van der Waals surface area contributed by atoms with Gasteiger partial charge >= 0.3 is 0 Å². The SMILES string of the molecule is CCCCCCCNC(=O)CCC(=O)N1Cc2ccccc2/C(N(N)CCOCCOCCOCCC=O)=C(/N)c2ccccc21. The molecule has 0 aromatic heterocycles. The number of ether oxygens (including phenoxy) is 3. The summed E-state index contributed by atoms with van der Waals surface area (Å²) in [6.07, 6.45) is 7.03. The number of hydrogen-bond donors (Lipinski definition) is 3. The number of hydrogen-bond acceptors (Lipinski definition) is 9. The molecule has 0 unspecified atom stereocenters. The van der Waals surface area contributed by atoms with Crippen molar-refractivity contribution in [1.29, 1.82) is 0 Å². The minimum atomic E-state index is -0.149. The summed E-state index contributed by atoms with van der Waals surface area (Å²) in [5.74, 6) is 6.36. The van der Waals surface area contributed by atoms with Crippen LogP contribution < -0.4 is 21.8 Å². The topological polar surface area (TPSA) is 149 Å². The van der Waals surface area contributed by atoms with Crippen molar-refractivity contribution in [3.63, 3.8) is 0 Å². The molecule has 0 radical (unpaired) electrons. The quantitative estimate of drug-likeness (QED) is 0.0754. The van der Waals surface area contributed by atoms with Crippen molar-refractivity contribution in [1.82, 2.24) is 10.3 Å². The molecule has 2 aromatic rings. The van der Waals surface area contributed by atoms with Crippen molar-refractivity contribution < 1.29 is 28.6 Å². The number of rotatable bonds is 22. The highest BCUT2D eigenvalue weighted by atomic mass is 16.5. The van der Waals surface area contributed by atoms with E-state index in [1.165, 1.54) is 19.3 Å². The zero-order valence-electron chi connectivity index (χ0n) is 27.2. The van der Waals surface area contributed by atoms with E-state index in [1.807, 2.05) is 48.5 Å². The second kappa shape index (κ2) is 21.1. The predicted molar refractivity (Wildman–Crippen MR) is 180 cm³/mol. The number of unbranched alkanes of at least 4 members (excludes halogenated alkanes) is 4. The van der Waals surface area contributed by atoms with Gasteiger partial charge in [-0.1, -0.05) is 75.1 Å². The lowest BCUT2D eigenvalue weighted by Crippen LogP contribution is -2.38. The highest BCUT2D eigenvalue weighted by Gasteiger charge is 2.27.